The summed E-state index contributed by atoms with van der Waals surface area (Å²) in [5.41, 5.74) is 10.0. The monoisotopic (exact) mass is 178 g/mol. The number of hydrogen-bond acceptors (Lipinski definition) is 4. The summed E-state index contributed by atoms with van der Waals surface area (Å²) in [4.78, 5) is 20.3. The van der Waals surface area contributed by atoms with E-state index in [4.69, 9.17) is 16.6 Å². The van der Waals surface area contributed by atoms with Gasteiger partial charge in [0.2, 0.25) is 5.91 Å². The van der Waals surface area contributed by atoms with Crippen molar-refractivity contribution in [3.63, 3.8) is 0 Å². The number of thioether (sulfide) groups is 1. The molecule has 0 fully saturated rings. The van der Waals surface area contributed by atoms with E-state index >= 15 is 0 Å². The zero-order valence-corrected chi connectivity index (χ0v) is 6.63. The maximum absolute atomic E-state index is 10.3. The first kappa shape index (κ1) is 10.2. The van der Waals surface area contributed by atoms with Gasteiger partial charge in [0.25, 0.3) is 0 Å². The Hall–Kier alpha value is -0.750. The lowest BCUT2D eigenvalue weighted by Crippen LogP contribution is -2.38. The highest BCUT2D eigenvalue weighted by Gasteiger charge is 2.09. The van der Waals surface area contributed by atoms with Gasteiger partial charge in [-0.3, -0.25) is 9.59 Å². The Morgan fingerprint density at radius 3 is 2.45 bits per heavy atom. The lowest BCUT2D eigenvalue weighted by Gasteiger charge is -2.03. The van der Waals surface area contributed by atoms with Crippen LogP contribution in [0.1, 0.15) is 0 Å². The molecular formula is C5H10N2O3S. The molecule has 11 heavy (non-hydrogen) atoms. The Labute approximate surface area is 68.1 Å². The topological polar surface area (TPSA) is 106 Å². The Morgan fingerprint density at radius 1 is 1.55 bits per heavy atom. The van der Waals surface area contributed by atoms with Crippen LogP contribution in [0, 0.1) is 0 Å². The van der Waals surface area contributed by atoms with Gasteiger partial charge >= 0.3 is 5.97 Å². The second-order valence-electron chi connectivity index (χ2n) is 1.92. The molecule has 1 amide bonds. The average Bonchev–Trinajstić information content (AvgIpc) is 1.86. The number of carbonyl (C=O) groups is 2. The van der Waals surface area contributed by atoms with E-state index in [2.05, 4.69) is 0 Å². The van der Waals surface area contributed by atoms with E-state index in [-0.39, 0.29) is 11.5 Å². The molecule has 6 heteroatoms. The summed E-state index contributed by atoms with van der Waals surface area (Å²) in [5, 5.41) is 8.19. The van der Waals surface area contributed by atoms with E-state index < -0.39 is 17.9 Å². The van der Waals surface area contributed by atoms with Crippen LogP contribution in [0.2, 0.25) is 0 Å². The molecule has 0 aliphatic heterocycles. The van der Waals surface area contributed by atoms with Gasteiger partial charge < -0.3 is 16.6 Å². The molecule has 5 nitrogen and oxygen atoms in total. The van der Waals surface area contributed by atoms with Gasteiger partial charge in [-0.2, -0.15) is 0 Å². The zero-order chi connectivity index (χ0) is 8.85. The summed E-state index contributed by atoms with van der Waals surface area (Å²) in [6.45, 7) is 0. The fraction of sp³-hybridized carbons (Fsp3) is 0.600. The fourth-order valence-electron chi connectivity index (χ4n) is 0.355. The van der Waals surface area contributed by atoms with E-state index in [1.165, 1.54) is 0 Å². The molecule has 0 aliphatic rings. The van der Waals surface area contributed by atoms with E-state index in [0.29, 0.717) is 0 Å². The van der Waals surface area contributed by atoms with Crippen LogP contribution in [0.5, 0.6) is 0 Å². The molecule has 0 unspecified atom stereocenters. The van der Waals surface area contributed by atoms with E-state index in [9.17, 15) is 9.59 Å². The highest BCUT2D eigenvalue weighted by Crippen LogP contribution is 2.00. The third-order valence-electron chi connectivity index (χ3n) is 0.888. The first-order valence-corrected chi connectivity index (χ1v) is 4.04. The van der Waals surface area contributed by atoms with E-state index in [0.717, 1.165) is 11.8 Å². The second-order valence-corrected chi connectivity index (χ2v) is 2.95. The van der Waals surface area contributed by atoms with Crippen molar-refractivity contribution < 1.29 is 14.7 Å². The Balaban J connectivity index is 3.39. The summed E-state index contributed by atoms with van der Waals surface area (Å²) < 4.78 is 0. The normalized spacial score (nSPS) is 12.5. The Bertz CT molecular complexity index is 162. The minimum atomic E-state index is -0.924. The van der Waals surface area contributed by atoms with Gasteiger partial charge in [0.05, 0.1) is 11.8 Å². The Morgan fingerprint density at radius 2 is 2.09 bits per heavy atom. The van der Waals surface area contributed by atoms with Crippen LogP contribution in [-0.4, -0.2) is 34.5 Å². The van der Waals surface area contributed by atoms with Crippen LogP contribution in [-0.2, 0) is 9.59 Å². The van der Waals surface area contributed by atoms with Crippen LogP contribution >= 0.6 is 11.8 Å². The van der Waals surface area contributed by atoms with Crippen molar-refractivity contribution in [2.45, 2.75) is 6.04 Å². The quantitative estimate of drug-likeness (QED) is 0.481. The van der Waals surface area contributed by atoms with Crippen molar-refractivity contribution in [3.8, 4) is 0 Å². The van der Waals surface area contributed by atoms with Gasteiger partial charge in [-0.1, -0.05) is 0 Å². The third-order valence-corrected chi connectivity index (χ3v) is 1.93. The van der Waals surface area contributed by atoms with Gasteiger partial charge in [0.15, 0.2) is 0 Å². The molecule has 0 saturated heterocycles. The molecule has 0 bridgehead atoms. The molecule has 1 atom stereocenters. The first-order valence-electron chi connectivity index (χ1n) is 2.88. The molecule has 0 aromatic rings. The maximum Gasteiger partial charge on any atom is 0.313 e. The first-order chi connectivity index (χ1) is 5.04. The van der Waals surface area contributed by atoms with Gasteiger partial charge in [-0.25, -0.2) is 0 Å². The van der Waals surface area contributed by atoms with Gasteiger partial charge in [-0.15, -0.1) is 11.8 Å². The zero-order valence-electron chi connectivity index (χ0n) is 5.82. The molecule has 64 valence electrons. The van der Waals surface area contributed by atoms with E-state index in [1.54, 1.807) is 0 Å². The predicted molar refractivity (Wildman–Crippen MR) is 42.1 cm³/mol. The SMILES string of the molecule is NC(=O)[C@H](N)CSCC(=O)O. The van der Waals surface area contributed by atoms with Crippen LogP contribution in [0.3, 0.4) is 0 Å². The number of primary amides is 1. The molecule has 0 aromatic carbocycles. The third kappa shape index (κ3) is 5.68. The smallest absolute Gasteiger partial charge is 0.313 e. The molecule has 0 aliphatic carbocycles. The van der Waals surface area contributed by atoms with Crippen LogP contribution < -0.4 is 11.5 Å². The van der Waals surface area contributed by atoms with Gasteiger partial charge in [0, 0.05) is 5.75 Å². The number of rotatable bonds is 5. The molecule has 0 heterocycles. The summed E-state index contributed by atoms with van der Waals surface area (Å²) in [5.74, 6) is -1.34. The lowest BCUT2D eigenvalue weighted by molar-refractivity contribution is -0.134. The summed E-state index contributed by atoms with van der Waals surface area (Å²) >= 11 is 1.07. The predicted octanol–water partition coefficient (Wildman–Crippen LogP) is -1.38. The van der Waals surface area contributed by atoms with Crippen molar-refractivity contribution in [2.24, 2.45) is 11.5 Å². The molecule has 0 spiro atoms. The highest BCUT2D eigenvalue weighted by molar-refractivity contribution is 8.00. The number of aliphatic carboxylic acids is 1. The summed E-state index contributed by atoms with van der Waals surface area (Å²) in [6, 6.07) is -0.751. The molecule has 0 aromatic heterocycles. The average molecular weight is 178 g/mol. The number of nitrogens with two attached hydrogens (primary N) is 2. The minimum Gasteiger partial charge on any atom is -0.481 e. The number of amides is 1. The summed E-state index contributed by atoms with van der Waals surface area (Å²) in [7, 11) is 0. The van der Waals surface area contributed by atoms with Crippen molar-refractivity contribution in [3.05, 3.63) is 0 Å². The number of carboxylic acids is 1. The summed E-state index contributed by atoms with van der Waals surface area (Å²) in [6.07, 6.45) is 0. The van der Waals surface area contributed by atoms with Crippen molar-refractivity contribution >= 4 is 23.6 Å². The molecular weight excluding hydrogens is 168 g/mol. The van der Waals surface area contributed by atoms with Crippen LogP contribution in [0.15, 0.2) is 0 Å². The largest absolute Gasteiger partial charge is 0.481 e. The van der Waals surface area contributed by atoms with Gasteiger partial charge in [-0.05, 0) is 0 Å². The standard InChI is InChI=1S/C5H10N2O3S/c6-3(5(7)10)1-11-2-4(8)9/h3H,1-2,6H2,(H2,7,10)(H,8,9)/t3-/m1/s1. The van der Waals surface area contributed by atoms with Gasteiger partial charge in [0.1, 0.15) is 0 Å². The lowest BCUT2D eigenvalue weighted by atomic mass is 10.3. The molecule has 5 N–H and O–H groups in total. The van der Waals surface area contributed by atoms with Crippen LogP contribution in [0.25, 0.3) is 0 Å². The highest BCUT2D eigenvalue weighted by atomic mass is 32.2. The maximum atomic E-state index is 10.3. The molecule has 0 saturated carbocycles. The number of hydrogen-bond donors (Lipinski definition) is 3. The van der Waals surface area contributed by atoms with Crippen molar-refractivity contribution in [1.29, 1.82) is 0 Å². The van der Waals surface area contributed by atoms with Crippen molar-refractivity contribution in [2.75, 3.05) is 11.5 Å². The number of carboxylic acid groups (broad SMARTS) is 1. The van der Waals surface area contributed by atoms with Crippen LogP contribution in [0.4, 0.5) is 0 Å². The van der Waals surface area contributed by atoms with Crippen molar-refractivity contribution in [1.82, 2.24) is 0 Å². The molecule has 0 radical (unpaired) electrons. The number of carbonyl (C=O) groups excluding carboxylic acids is 1. The minimum absolute atomic E-state index is 0.0546. The Kier molecular flexibility index (Phi) is 4.64. The fourth-order valence-corrected chi connectivity index (χ4v) is 1.07. The molecule has 0 rings (SSSR count). The van der Waals surface area contributed by atoms with E-state index in [1.807, 2.05) is 0 Å². The second kappa shape index (κ2) is 4.97.